The number of benzene rings is 4. The number of piperidine rings is 1. The van der Waals surface area contributed by atoms with Crippen LogP contribution < -0.4 is 0 Å². The lowest BCUT2D eigenvalue weighted by Gasteiger charge is -2.29. The Morgan fingerprint density at radius 3 is 1.56 bits per heavy atom. The average molecular weight is 418 g/mol. The number of rotatable bonds is 2. The Hall–Kier alpha value is -3.98. The van der Waals surface area contributed by atoms with Crippen LogP contribution in [0.15, 0.2) is 96.1 Å². The van der Waals surface area contributed by atoms with E-state index in [1.165, 1.54) is 0 Å². The number of ketones is 1. The van der Waals surface area contributed by atoms with Gasteiger partial charge >= 0.3 is 0 Å². The normalized spacial score (nSPS) is 16.9. The molecule has 1 heterocycles. The number of carbonyl (C=O) groups excluding carboxylic acids is 2. The second-order valence-corrected chi connectivity index (χ2v) is 8.26. The quantitative estimate of drug-likeness (QED) is 0.381. The number of carbonyl (C=O) groups is 2. The van der Waals surface area contributed by atoms with Crippen LogP contribution in [0.3, 0.4) is 0 Å². The molecule has 0 spiro atoms. The van der Waals surface area contributed by atoms with Gasteiger partial charge in [0, 0.05) is 31.2 Å². The third-order valence-corrected chi connectivity index (χ3v) is 5.98. The molecule has 0 bridgehead atoms. The first kappa shape index (κ1) is 20.0. The zero-order valence-electron chi connectivity index (χ0n) is 17.9. The molecule has 1 saturated heterocycles. The van der Waals surface area contributed by atoms with Crippen LogP contribution in [0.1, 0.15) is 18.1 Å². The first-order valence-electron chi connectivity index (χ1n) is 10.8. The molecule has 0 aromatic heterocycles. The second kappa shape index (κ2) is 8.27. The van der Waals surface area contributed by atoms with Crippen molar-refractivity contribution in [2.24, 2.45) is 0 Å². The number of likely N-dealkylation sites (tertiary alicyclic amines) is 1. The van der Waals surface area contributed by atoms with E-state index in [1.54, 1.807) is 11.8 Å². The Balaban J connectivity index is 1.53. The van der Waals surface area contributed by atoms with E-state index in [2.05, 4.69) is 48.5 Å². The molecule has 3 heteroatoms. The van der Waals surface area contributed by atoms with Gasteiger partial charge in [-0.25, -0.2) is 0 Å². The molecule has 4 aromatic carbocycles. The molecule has 0 aliphatic carbocycles. The van der Waals surface area contributed by atoms with Gasteiger partial charge in [0.15, 0.2) is 5.78 Å². The van der Waals surface area contributed by atoms with E-state index in [9.17, 15) is 9.59 Å². The molecular formula is C29H23NO2. The number of Topliss-reactive ketones (excluding diaryl/α,β-unsaturated/α-hetero) is 1. The molecule has 0 radical (unpaired) electrons. The molecular weight excluding hydrogens is 394 g/mol. The van der Waals surface area contributed by atoms with Gasteiger partial charge in [-0.1, -0.05) is 72.8 Å². The molecule has 0 unspecified atom stereocenters. The van der Waals surface area contributed by atoms with Crippen LogP contribution in [-0.2, 0) is 9.59 Å². The Kier molecular flexibility index (Phi) is 5.16. The molecule has 0 N–H and O–H groups in total. The van der Waals surface area contributed by atoms with Crippen LogP contribution in [0.4, 0.5) is 0 Å². The van der Waals surface area contributed by atoms with E-state index >= 15 is 0 Å². The predicted molar refractivity (Wildman–Crippen MR) is 131 cm³/mol. The minimum Gasteiger partial charge on any atom is -0.334 e. The molecule has 1 aliphatic heterocycles. The van der Waals surface area contributed by atoms with Crippen molar-refractivity contribution in [1.29, 1.82) is 0 Å². The molecule has 5 rings (SSSR count). The summed E-state index contributed by atoms with van der Waals surface area (Å²) in [6.45, 7) is 2.21. The lowest BCUT2D eigenvalue weighted by Crippen LogP contribution is -2.40. The summed E-state index contributed by atoms with van der Waals surface area (Å²) < 4.78 is 0. The zero-order chi connectivity index (χ0) is 22.1. The van der Waals surface area contributed by atoms with Gasteiger partial charge in [-0.15, -0.1) is 0 Å². The molecule has 1 aliphatic rings. The molecule has 3 nitrogen and oxygen atoms in total. The Labute approximate surface area is 187 Å². The van der Waals surface area contributed by atoms with Crippen LogP contribution in [0.5, 0.6) is 0 Å². The van der Waals surface area contributed by atoms with Gasteiger partial charge in [0.05, 0.1) is 0 Å². The Morgan fingerprint density at radius 2 is 1.12 bits per heavy atom. The summed E-state index contributed by atoms with van der Waals surface area (Å²) in [7, 11) is 0. The van der Waals surface area contributed by atoms with Crippen molar-refractivity contribution in [3.8, 4) is 0 Å². The monoisotopic (exact) mass is 417 g/mol. The predicted octanol–water partition coefficient (Wildman–Crippen LogP) is 5.89. The topological polar surface area (TPSA) is 37.4 Å². The molecule has 1 amide bonds. The van der Waals surface area contributed by atoms with E-state index in [-0.39, 0.29) is 11.7 Å². The van der Waals surface area contributed by atoms with Crippen molar-refractivity contribution in [2.75, 3.05) is 13.1 Å². The molecule has 156 valence electrons. The summed E-state index contributed by atoms with van der Waals surface area (Å²) in [6.07, 6.45) is 3.83. The summed E-state index contributed by atoms with van der Waals surface area (Å²) in [4.78, 5) is 27.3. The van der Waals surface area contributed by atoms with Crippen molar-refractivity contribution >= 4 is 45.4 Å². The highest BCUT2D eigenvalue weighted by Gasteiger charge is 2.27. The summed E-state index contributed by atoms with van der Waals surface area (Å²) in [5, 5.41) is 4.57. The van der Waals surface area contributed by atoms with Gasteiger partial charge in [-0.2, -0.15) is 0 Å². The summed E-state index contributed by atoms with van der Waals surface area (Å²) in [5.41, 5.74) is 3.19. The molecule has 0 saturated carbocycles. The van der Waals surface area contributed by atoms with Crippen LogP contribution >= 0.6 is 0 Å². The van der Waals surface area contributed by atoms with E-state index in [4.69, 9.17) is 0 Å². The third-order valence-electron chi connectivity index (χ3n) is 5.98. The first-order valence-corrected chi connectivity index (χ1v) is 10.8. The maximum Gasteiger partial charge on any atom is 0.220 e. The molecule has 0 atom stereocenters. The first-order chi connectivity index (χ1) is 15.6. The van der Waals surface area contributed by atoms with Crippen LogP contribution in [0, 0.1) is 0 Å². The highest BCUT2D eigenvalue weighted by atomic mass is 16.2. The van der Waals surface area contributed by atoms with Crippen molar-refractivity contribution < 1.29 is 9.59 Å². The van der Waals surface area contributed by atoms with Crippen LogP contribution in [0.25, 0.3) is 33.7 Å². The largest absolute Gasteiger partial charge is 0.334 e. The number of fused-ring (bicyclic) bond motifs is 2. The fourth-order valence-electron chi connectivity index (χ4n) is 4.26. The van der Waals surface area contributed by atoms with Gasteiger partial charge < -0.3 is 4.90 Å². The van der Waals surface area contributed by atoms with Gasteiger partial charge in [-0.05, 0) is 57.0 Å². The number of hydrogen-bond donors (Lipinski definition) is 0. The molecule has 1 fully saturated rings. The Bertz CT molecular complexity index is 1330. The van der Waals surface area contributed by atoms with Crippen molar-refractivity contribution in [3.63, 3.8) is 0 Å². The van der Waals surface area contributed by atoms with E-state index in [0.29, 0.717) is 24.2 Å². The standard InChI is InChI=1S/C29H23NO2/c1-20(31)30-18-27(16-21-10-12-23-6-2-4-8-25(23)14-21)29(32)28(19-30)17-22-11-13-24-7-3-5-9-26(24)15-22/h2-17H,18-19H2,1H3/b27-16+,28-17+. The SMILES string of the molecule is CC(=O)N1C/C(=C\c2ccc3ccccc3c2)C(=O)/C(=C/c2ccc3ccccc3c2)C1. The van der Waals surface area contributed by atoms with Crippen molar-refractivity contribution in [3.05, 3.63) is 107 Å². The summed E-state index contributed by atoms with van der Waals surface area (Å²) in [6, 6.07) is 28.6. The van der Waals surface area contributed by atoms with Gasteiger partial charge in [0.25, 0.3) is 0 Å². The summed E-state index contributed by atoms with van der Waals surface area (Å²) in [5.74, 6) is -0.0323. The lowest BCUT2D eigenvalue weighted by molar-refractivity contribution is -0.129. The maximum absolute atomic E-state index is 13.4. The molecule has 32 heavy (non-hydrogen) atoms. The molecule has 4 aromatic rings. The van der Waals surface area contributed by atoms with Crippen LogP contribution in [0.2, 0.25) is 0 Å². The number of amides is 1. The zero-order valence-corrected chi connectivity index (χ0v) is 17.9. The fraction of sp³-hybridized carbons (Fsp3) is 0.103. The Morgan fingerprint density at radius 1 is 0.688 bits per heavy atom. The third kappa shape index (κ3) is 3.97. The number of nitrogens with zero attached hydrogens (tertiary/aromatic N) is 1. The summed E-state index contributed by atoms with van der Waals surface area (Å²) >= 11 is 0. The van der Waals surface area contributed by atoms with E-state index in [0.717, 1.165) is 32.7 Å². The maximum atomic E-state index is 13.4. The highest BCUT2D eigenvalue weighted by molar-refractivity contribution is 6.15. The number of hydrogen-bond acceptors (Lipinski definition) is 2. The van der Waals surface area contributed by atoms with E-state index in [1.807, 2.05) is 48.6 Å². The highest BCUT2D eigenvalue weighted by Crippen LogP contribution is 2.25. The van der Waals surface area contributed by atoms with Gasteiger partial charge in [-0.3, -0.25) is 9.59 Å². The fourth-order valence-corrected chi connectivity index (χ4v) is 4.26. The second-order valence-electron chi connectivity index (χ2n) is 8.26. The van der Waals surface area contributed by atoms with E-state index < -0.39 is 0 Å². The lowest BCUT2D eigenvalue weighted by atomic mass is 9.93. The van der Waals surface area contributed by atoms with Gasteiger partial charge in [0.1, 0.15) is 0 Å². The van der Waals surface area contributed by atoms with Crippen molar-refractivity contribution in [2.45, 2.75) is 6.92 Å². The van der Waals surface area contributed by atoms with Crippen molar-refractivity contribution in [1.82, 2.24) is 4.90 Å². The van der Waals surface area contributed by atoms with Crippen LogP contribution in [-0.4, -0.2) is 29.7 Å². The average Bonchev–Trinajstić information content (AvgIpc) is 2.81. The minimum atomic E-state index is -0.0358. The smallest absolute Gasteiger partial charge is 0.220 e. The minimum absolute atomic E-state index is 0.00353. The van der Waals surface area contributed by atoms with Gasteiger partial charge in [0.2, 0.25) is 5.91 Å².